The Bertz CT molecular complexity index is 821. The number of fused-ring (bicyclic) bond motifs is 1. The number of hydrogen-bond acceptors (Lipinski definition) is 5. The van der Waals surface area contributed by atoms with Crippen molar-refractivity contribution < 1.29 is 19.5 Å². The van der Waals surface area contributed by atoms with E-state index < -0.39 is 23.0 Å². The Balaban J connectivity index is 1.95. The maximum atomic E-state index is 12.5. The van der Waals surface area contributed by atoms with Gasteiger partial charge in [-0.3, -0.25) is 14.4 Å². The highest BCUT2D eigenvalue weighted by Gasteiger charge is 2.44. The van der Waals surface area contributed by atoms with Gasteiger partial charge in [0.05, 0.1) is 0 Å². The van der Waals surface area contributed by atoms with Gasteiger partial charge in [-0.25, -0.2) is 4.79 Å². The topological polar surface area (TPSA) is 116 Å². The molecular weight excluding hydrogens is 344 g/mol. The van der Waals surface area contributed by atoms with Gasteiger partial charge in [-0.15, -0.1) is 0 Å². The molecule has 0 aromatic carbocycles. The first-order valence-corrected chi connectivity index (χ1v) is 9.22. The molecular formula is C17H20N2O5S. The summed E-state index contributed by atoms with van der Waals surface area (Å²) in [6, 6.07) is 1.30. The van der Waals surface area contributed by atoms with Crippen LogP contribution < -0.4 is 10.9 Å². The van der Waals surface area contributed by atoms with E-state index in [4.69, 9.17) is 0 Å². The standard InChI is InChI=1S/C17H20N2O5S/c1-16(2)6-11-9(12(20)7-16)5-10(13(21)18-11)14(22)19-17(15(23)24)3-4-25-8-17/h5H,3-4,6-8H2,1-2H3,(H,18,21)(H,19,22)(H,23,24). The van der Waals surface area contributed by atoms with Crippen molar-refractivity contribution in [1.82, 2.24) is 10.3 Å². The lowest BCUT2D eigenvalue weighted by atomic mass is 9.75. The predicted molar refractivity (Wildman–Crippen MR) is 93.3 cm³/mol. The van der Waals surface area contributed by atoms with Crippen LogP contribution in [-0.4, -0.2) is 44.8 Å². The van der Waals surface area contributed by atoms with Gasteiger partial charge in [0.1, 0.15) is 11.1 Å². The van der Waals surface area contributed by atoms with Crippen LogP contribution in [0.4, 0.5) is 0 Å². The SMILES string of the molecule is CC1(C)CC(=O)c2cc(C(=O)NC3(C(=O)O)CCSC3)c(=O)[nH]c2C1. The van der Waals surface area contributed by atoms with Gasteiger partial charge in [-0.05, 0) is 30.1 Å². The molecule has 1 aromatic rings. The summed E-state index contributed by atoms with van der Waals surface area (Å²) in [7, 11) is 0. The number of ketones is 1. The summed E-state index contributed by atoms with van der Waals surface area (Å²) in [5.41, 5.74) is -1.56. The number of carboxylic acid groups (broad SMARTS) is 1. The second kappa shape index (κ2) is 6.01. The van der Waals surface area contributed by atoms with E-state index in [2.05, 4.69) is 10.3 Å². The van der Waals surface area contributed by atoms with Crippen molar-refractivity contribution >= 4 is 29.4 Å². The Kier molecular flexibility index (Phi) is 4.26. The van der Waals surface area contributed by atoms with E-state index in [9.17, 15) is 24.3 Å². The molecule has 1 amide bonds. The van der Waals surface area contributed by atoms with Gasteiger partial charge < -0.3 is 15.4 Å². The van der Waals surface area contributed by atoms with Crippen LogP contribution in [0.2, 0.25) is 0 Å². The summed E-state index contributed by atoms with van der Waals surface area (Å²) in [4.78, 5) is 51.4. The minimum Gasteiger partial charge on any atom is -0.479 e. The van der Waals surface area contributed by atoms with Gasteiger partial charge in [0.15, 0.2) is 5.78 Å². The number of pyridine rings is 1. The van der Waals surface area contributed by atoms with Crippen molar-refractivity contribution in [2.45, 2.75) is 38.6 Å². The number of thioether (sulfide) groups is 1. The fraction of sp³-hybridized carbons (Fsp3) is 0.529. The number of H-pyrrole nitrogens is 1. The Morgan fingerprint density at radius 2 is 2.00 bits per heavy atom. The summed E-state index contributed by atoms with van der Waals surface area (Å²) in [5, 5.41) is 11.9. The number of aliphatic carboxylic acids is 1. The molecule has 1 fully saturated rings. The van der Waals surface area contributed by atoms with E-state index in [0.717, 1.165) is 0 Å². The molecule has 1 saturated heterocycles. The number of rotatable bonds is 3. The van der Waals surface area contributed by atoms with Gasteiger partial charge in [0, 0.05) is 23.4 Å². The summed E-state index contributed by atoms with van der Waals surface area (Å²) in [6.45, 7) is 3.89. The average Bonchev–Trinajstić information content (AvgIpc) is 2.95. The number of carboxylic acids is 1. The van der Waals surface area contributed by atoms with Crippen LogP contribution >= 0.6 is 11.8 Å². The van der Waals surface area contributed by atoms with Crippen LogP contribution in [0.15, 0.2) is 10.9 Å². The second-order valence-electron chi connectivity index (χ2n) is 7.49. The highest BCUT2D eigenvalue weighted by molar-refractivity contribution is 7.99. The van der Waals surface area contributed by atoms with Crippen molar-refractivity contribution in [3.63, 3.8) is 0 Å². The molecule has 25 heavy (non-hydrogen) atoms. The number of carbonyl (C=O) groups excluding carboxylic acids is 2. The van der Waals surface area contributed by atoms with Crippen molar-refractivity contribution in [2.24, 2.45) is 5.41 Å². The quantitative estimate of drug-likeness (QED) is 0.743. The van der Waals surface area contributed by atoms with Crippen LogP contribution in [0.5, 0.6) is 0 Å². The van der Waals surface area contributed by atoms with Crippen LogP contribution in [0.25, 0.3) is 0 Å². The summed E-state index contributed by atoms with van der Waals surface area (Å²) >= 11 is 1.44. The van der Waals surface area contributed by atoms with Crippen molar-refractivity contribution in [2.75, 3.05) is 11.5 Å². The number of amides is 1. The van der Waals surface area contributed by atoms with E-state index in [1.54, 1.807) is 0 Å². The van der Waals surface area contributed by atoms with Crippen LogP contribution in [0.1, 0.15) is 53.1 Å². The molecule has 1 unspecified atom stereocenters. The lowest BCUT2D eigenvalue weighted by Gasteiger charge is -2.30. The third kappa shape index (κ3) is 3.22. The molecule has 0 bridgehead atoms. The van der Waals surface area contributed by atoms with E-state index in [1.165, 1.54) is 17.8 Å². The van der Waals surface area contributed by atoms with E-state index in [0.29, 0.717) is 36.3 Å². The van der Waals surface area contributed by atoms with Gasteiger partial charge in [-0.1, -0.05) is 13.8 Å². The zero-order chi connectivity index (χ0) is 18.4. The van der Waals surface area contributed by atoms with E-state index >= 15 is 0 Å². The fourth-order valence-corrected chi connectivity index (χ4v) is 4.69. The van der Waals surface area contributed by atoms with Crippen LogP contribution in [-0.2, 0) is 11.2 Å². The lowest BCUT2D eigenvalue weighted by Crippen LogP contribution is -2.55. The normalized spacial score (nSPS) is 24.6. The molecule has 1 aliphatic heterocycles. The van der Waals surface area contributed by atoms with E-state index in [1.807, 2.05) is 13.8 Å². The molecule has 2 heterocycles. The molecule has 8 heteroatoms. The molecule has 0 radical (unpaired) electrons. The number of nitrogens with one attached hydrogen (secondary N) is 2. The predicted octanol–water partition coefficient (Wildman–Crippen LogP) is 1.22. The first-order chi connectivity index (χ1) is 11.6. The molecule has 2 aliphatic rings. The molecule has 0 spiro atoms. The lowest BCUT2D eigenvalue weighted by molar-refractivity contribution is -0.143. The Morgan fingerprint density at radius 1 is 1.28 bits per heavy atom. The number of Topliss-reactive ketones (excluding diaryl/α,β-unsaturated/α-hetero) is 1. The number of aromatic amines is 1. The number of aromatic nitrogens is 1. The Morgan fingerprint density at radius 3 is 2.60 bits per heavy atom. The molecule has 1 atom stereocenters. The number of hydrogen-bond donors (Lipinski definition) is 3. The summed E-state index contributed by atoms with van der Waals surface area (Å²) in [6.07, 6.45) is 1.18. The van der Waals surface area contributed by atoms with Gasteiger partial charge in [0.25, 0.3) is 11.5 Å². The number of carbonyl (C=O) groups is 3. The van der Waals surface area contributed by atoms with Crippen molar-refractivity contribution in [3.8, 4) is 0 Å². The van der Waals surface area contributed by atoms with Gasteiger partial charge in [-0.2, -0.15) is 11.8 Å². The monoisotopic (exact) mass is 364 g/mol. The maximum Gasteiger partial charge on any atom is 0.330 e. The summed E-state index contributed by atoms with van der Waals surface area (Å²) < 4.78 is 0. The third-order valence-corrected chi connectivity index (χ3v) is 5.94. The highest BCUT2D eigenvalue weighted by Crippen LogP contribution is 2.33. The van der Waals surface area contributed by atoms with Crippen LogP contribution in [0.3, 0.4) is 0 Å². The van der Waals surface area contributed by atoms with E-state index in [-0.39, 0.29) is 22.5 Å². The zero-order valence-corrected chi connectivity index (χ0v) is 14.9. The van der Waals surface area contributed by atoms with Crippen LogP contribution in [0, 0.1) is 5.41 Å². The zero-order valence-electron chi connectivity index (χ0n) is 14.1. The molecule has 3 rings (SSSR count). The molecule has 134 valence electrons. The summed E-state index contributed by atoms with van der Waals surface area (Å²) in [5.74, 6) is -1.12. The average molecular weight is 364 g/mol. The van der Waals surface area contributed by atoms with Gasteiger partial charge in [0.2, 0.25) is 0 Å². The first kappa shape index (κ1) is 17.7. The maximum absolute atomic E-state index is 12.5. The minimum atomic E-state index is -1.36. The molecule has 0 saturated carbocycles. The highest BCUT2D eigenvalue weighted by atomic mass is 32.2. The third-order valence-electron chi connectivity index (χ3n) is 4.75. The van der Waals surface area contributed by atoms with Crippen molar-refractivity contribution in [1.29, 1.82) is 0 Å². The molecule has 1 aromatic heterocycles. The van der Waals surface area contributed by atoms with Crippen molar-refractivity contribution in [3.05, 3.63) is 33.2 Å². The molecule has 7 nitrogen and oxygen atoms in total. The Hall–Kier alpha value is -2.09. The fourth-order valence-electron chi connectivity index (χ4n) is 3.37. The largest absolute Gasteiger partial charge is 0.479 e. The smallest absolute Gasteiger partial charge is 0.330 e. The minimum absolute atomic E-state index is 0.124. The first-order valence-electron chi connectivity index (χ1n) is 8.07. The van der Waals surface area contributed by atoms with Gasteiger partial charge >= 0.3 is 5.97 Å². The second-order valence-corrected chi connectivity index (χ2v) is 8.59. The molecule has 3 N–H and O–H groups in total. The Labute approximate surface area is 148 Å². The molecule has 1 aliphatic carbocycles.